The van der Waals surface area contributed by atoms with Gasteiger partial charge in [0.15, 0.2) is 0 Å². The van der Waals surface area contributed by atoms with Gasteiger partial charge in [-0.15, -0.1) is 0 Å². The molecule has 0 saturated heterocycles. The summed E-state index contributed by atoms with van der Waals surface area (Å²) in [5.74, 6) is 0.954. The quantitative estimate of drug-likeness (QED) is 0.0979. The maximum absolute atomic E-state index is 12.8. The zero-order valence-electron chi connectivity index (χ0n) is 28.9. The highest BCUT2D eigenvalue weighted by atomic mass is 32.1. The van der Waals surface area contributed by atoms with Gasteiger partial charge in [-0.2, -0.15) is 12.6 Å². The SMILES string of the molecule is CCC(=O)OCc1ccc(OC(=O)N(C)CCN(C)C)c(CN(CCCCCCCCCC(=O)CCS)C(C)=O)c1.CN.CN. The van der Waals surface area contributed by atoms with Gasteiger partial charge in [0.25, 0.3) is 0 Å². The highest BCUT2D eigenvalue weighted by molar-refractivity contribution is 7.80. The number of ketones is 1. The van der Waals surface area contributed by atoms with Crippen molar-refractivity contribution in [3.8, 4) is 5.75 Å². The average Bonchev–Trinajstić information content (AvgIpc) is 3.03. The molecule has 0 aliphatic heterocycles. The number of Topliss-reactive ketones (excluding diaryl/α,β-unsaturated/α-hetero) is 1. The number of ether oxygens (including phenoxy) is 2. The fourth-order valence-corrected chi connectivity index (χ4v) is 4.39. The molecule has 1 rings (SSSR count). The van der Waals surface area contributed by atoms with Gasteiger partial charge in [-0.05, 0) is 64.5 Å². The number of likely N-dealkylation sites (N-methyl/N-ethyl adjacent to an activating group) is 2. The van der Waals surface area contributed by atoms with Crippen LogP contribution >= 0.6 is 12.6 Å². The summed E-state index contributed by atoms with van der Waals surface area (Å²) >= 11 is 4.10. The molecule has 0 unspecified atom stereocenters. The van der Waals surface area contributed by atoms with E-state index in [9.17, 15) is 19.2 Å². The number of nitrogens with two attached hydrogens (primary N) is 2. The van der Waals surface area contributed by atoms with E-state index in [1.807, 2.05) is 25.1 Å². The Morgan fingerprint density at radius 3 is 1.98 bits per heavy atom. The molecule has 0 bridgehead atoms. The third-order valence-electron chi connectivity index (χ3n) is 6.79. The molecule has 0 fully saturated rings. The van der Waals surface area contributed by atoms with E-state index in [0.29, 0.717) is 55.3 Å². The van der Waals surface area contributed by atoms with E-state index >= 15 is 0 Å². The highest BCUT2D eigenvalue weighted by Gasteiger charge is 2.18. The Morgan fingerprint density at radius 2 is 1.42 bits per heavy atom. The lowest BCUT2D eigenvalue weighted by Crippen LogP contribution is -2.35. The van der Waals surface area contributed by atoms with Gasteiger partial charge in [0, 0.05) is 65.0 Å². The molecule has 1 aromatic rings. The summed E-state index contributed by atoms with van der Waals surface area (Å²) < 4.78 is 11.0. The first-order valence-electron chi connectivity index (χ1n) is 16.0. The van der Waals surface area contributed by atoms with E-state index in [-0.39, 0.29) is 31.4 Å². The van der Waals surface area contributed by atoms with E-state index in [2.05, 4.69) is 24.1 Å². The van der Waals surface area contributed by atoms with Gasteiger partial charge in [-0.1, -0.05) is 45.1 Å². The summed E-state index contributed by atoms with van der Waals surface area (Å²) in [5.41, 5.74) is 10.4. The summed E-state index contributed by atoms with van der Waals surface area (Å²) in [7, 11) is 8.57. The number of rotatable bonds is 21. The maximum atomic E-state index is 12.8. The predicted octanol–water partition coefficient (Wildman–Crippen LogP) is 4.64. The van der Waals surface area contributed by atoms with Crippen LogP contribution in [-0.4, -0.2) is 99.1 Å². The van der Waals surface area contributed by atoms with Crippen molar-refractivity contribution < 1.29 is 28.7 Å². The second-order valence-electron chi connectivity index (χ2n) is 10.7. The average molecular weight is 656 g/mol. The number of carbonyl (C=O) groups is 4. The first kappa shape index (κ1) is 44.5. The largest absolute Gasteiger partial charge is 0.461 e. The molecule has 0 aliphatic carbocycles. The second-order valence-corrected chi connectivity index (χ2v) is 11.2. The van der Waals surface area contributed by atoms with Crippen molar-refractivity contribution in [2.24, 2.45) is 11.5 Å². The minimum absolute atomic E-state index is 0.0564. The number of esters is 1. The van der Waals surface area contributed by atoms with Crippen molar-refractivity contribution in [3.63, 3.8) is 0 Å². The first-order valence-corrected chi connectivity index (χ1v) is 16.6. The van der Waals surface area contributed by atoms with Crippen molar-refractivity contribution in [1.82, 2.24) is 14.7 Å². The molecule has 0 radical (unpaired) electrons. The van der Waals surface area contributed by atoms with Crippen LogP contribution in [0.4, 0.5) is 4.79 Å². The fraction of sp³-hybridized carbons (Fsp3) is 0.697. The molecule has 1 aromatic carbocycles. The molecule has 0 spiro atoms. The van der Waals surface area contributed by atoms with Gasteiger partial charge < -0.3 is 35.6 Å². The summed E-state index contributed by atoms with van der Waals surface area (Å²) in [5, 5.41) is 0. The second kappa shape index (κ2) is 28.8. The van der Waals surface area contributed by atoms with E-state index in [1.54, 1.807) is 37.9 Å². The lowest BCUT2D eigenvalue weighted by molar-refractivity contribution is -0.144. The Bertz CT molecular complexity index is 964. The van der Waals surface area contributed by atoms with Crippen LogP contribution in [-0.2, 0) is 32.3 Å². The molecule has 4 N–H and O–H groups in total. The lowest BCUT2D eigenvalue weighted by atomic mass is 10.1. The van der Waals surface area contributed by atoms with Crippen molar-refractivity contribution in [2.75, 3.05) is 60.6 Å². The van der Waals surface area contributed by atoms with Crippen LogP contribution in [0.5, 0.6) is 5.75 Å². The van der Waals surface area contributed by atoms with Crippen LogP contribution < -0.4 is 16.2 Å². The molecule has 0 heterocycles. The Hall–Kier alpha value is -2.67. The van der Waals surface area contributed by atoms with E-state index in [4.69, 9.17) is 9.47 Å². The van der Waals surface area contributed by atoms with E-state index < -0.39 is 6.09 Å². The molecule has 260 valence electrons. The summed E-state index contributed by atoms with van der Waals surface area (Å²) in [6, 6.07) is 5.30. The molecule has 2 amide bonds. The van der Waals surface area contributed by atoms with Gasteiger partial charge in [0.1, 0.15) is 18.1 Å². The van der Waals surface area contributed by atoms with Gasteiger partial charge in [0.05, 0.1) is 0 Å². The molecule has 0 saturated carbocycles. The fourth-order valence-electron chi connectivity index (χ4n) is 4.14. The lowest BCUT2D eigenvalue weighted by Gasteiger charge is -2.24. The van der Waals surface area contributed by atoms with Gasteiger partial charge in [-0.25, -0.2) is 4.79 Å². The molecule has 0 aliphatic rings. The van der Waals surface area contributed by atoms with Crippen LogP contribution in [0.25, 0.3) is 0 Å². The summed E-state index contributed by atoms with van der Waals surface area (Å²) in [6.45, 7) is 5.49. The minimum atomic E-state index is -0.473. The Kier molecular flexibility index (Phi) is 28.4. The van der Waals surface area contributed by atoms with Crippen molar-refractivity contribution in [1.29, 1.82) is 0 Å². The Morgan fingerprint density at radius 1 is 0.822 bits per heavy atom. The van der Waals surface area contributed by atoms with Crippen molar-refractivity contribution in [3.05, 3.63) is 29.3 Å². The number of nitrogens with zero attached hydrogens (tertiary/aromatic N) is 3. The van der Waals surface area contributed by atoms with Crippen molar-refractivity contribution >= 4 is 36.4 Å². The zero-order chi connectivity index (χ0) is 34.6. The third-order valence-corrected chi connectivity index (χ3v) is 7.01. The Balaban J connectivity index is 0. The number of unbranched alkanes of at least 4 members (excludes halogenated alkanes) is 6. The van der Waals surface area contributed by atoms with Crippen LogP contribution in [0.3, 0.4) is 0 Å². The number of amides is 2. The molecule has 12 heteroatoms. The monoisotopic (exact) mass is 655 g/mol. The molecule has 0 atom stereocenters. The molecule has 11 nitrogen and oxygen atoms in total. The first-order chi connectivity index (χ1) is 21.6. The standard InChI is InChI=1S/C31H51N3O6S.2CH5N/c1-6-30(37)39-24-26-15-16-29(40-31(38)33(5)20-19-32(3)4)27(22-26)23-34(25(2)35)18-13-11-9-7-8-10-12-14-28(36)17-21-41;2*1-2/h15-16,22,41H,6-14,17-21,23-24H2,1-5H3;2*2H2,1H3. The minimum Gasteiger partial charge on any atom is -0.461 e. The van der Waals surface area contributed by atoms with E-state index in [0.717, 1.165) is 50.5 Å². The zero-order valence-corrected chi connectivity index (χ0v) is 29.8. The predicted molar refractivity (Wildman–Crippen MR) is 185 cm³/mol. The van der Waals surface area contributed by atoms with Crippen LogP contribution in [0.2, 0.25) is 0 Å². The number of thiol groups is 1. The topological polar surface area (TPSA) is 148 Å². The van der Waals surface area contributed by atoms with Gasteiger partial charge >= 0.3 is 12.1 Å². The van der Waals surface area contributed by atoms with Crippen LogP contribution in [0, 0.1) is 0 Å². The number of carbonyl (C=O) groups excluding carboxylic acids is 4. The van der Waals surface area contributed by atoms with E-state index in [1.165, 1.54) is 19.0 Å². The Labute approximate surface area is 277 Å². The molecular weight excluding hydrogens is 594 g/mol. The number of hydrogen-bond acceptors (Lipinski definition) is 10. The number of hydrogen-bond donors (Lipinski definition) is 3. The molecule has 45 heavy (non-hydrogen) atoms. The molecule has 0 aromatic heterocycles. The van der Waals surface area contributed by atoms with Gasteiger partial charge in [-0.3, -0.25) is 14.4 Å². The maximum Gasteiger partial charge on any atom is 0.415 e. The molecular formula is C33H61N5O6S. The normalized spacial score (nSPS) is 10.2. The van der Waals surface area contributed by atoms with Crippen molar-refractivity contribution in [2.45, 2.75) is 91.2 Å². The number of benzene rings is 1. The smallest absolute Gasteiger partial charge is 0.415 e. The van der Waals surface area contributed by atoms with Crippen LogP contribution in [0.15, 0.2) is 18.2 Å². The summed E-state index contributed by atoms with van der Waals surface area (Å²) in [4.78, 5) is 53.8. The van der Waals surface area contributed by atoms with Crippen LogP contribution in [0.1, 0.15) is 89.2 Å². The third kappa shape index (κ3) is 22.5. The van der Waals surface area contributed by atoms with Gasteiger partial charge in [0.2, 0.25) is 5.91 Å². The highest BCUT2D eigenvalue weighted by Crippen LogP contribution is 2.24. The summed E-state index contributed by atoms with van der Waals surface area (Å²) in [6.07, 6.45) is 8.21.